The first-order chi connectivity index (χ1) is 14.8. The van der Waals surface area contributed by atoms with Gasteiger partial charge in [-0.25, -0.2) is 8.42 Å². The number of amides is 1. The highest BCUT2D eigenvalue weighted by Crippen LogP contribution is 2.26. The largest absolute Gasteiger partial charge is 0.484 e. The Morgan fingerprint density at radius 1 is 1.13 bits per heavy atom. The number of nitrogens with one attached hydrogen (secondary N) is 1. The molecule has 2 aromatic rings. The fraction of sp³-hybridized carbons (Fsp3) is 0.435. The Morgan fingerprint density at radius 3 is 2.42 bits per heavy atom. The molecule has 31 heavy (non-hydrogen) atoms. The van der Waals surface area contributed by atoms with E-state index in [2.05, 4.69) is 5.32 Å². The highest BCUT2D eigenvalue weighted by atomic mass is 32.2. The number of carbonyl (C=O) groups excluding carboxylic acids is 1. The van der Waals surface area contributed by atoms with Gasteiger partial charge >= 0.3 is 0 Å². The van der Waals surface area contributed by atoms with Gasteiger partial charge in [-0.3, -0.25) is 4.79 Å². The monoisotopic (exact) mass is 462 g/mol. The van der Waals surface area contributed by atoms with Gasteiger partial charge in [0.2, 0.25) is 10.0 Å². The molecule has 1 fully saturated rings. The second kappa shape index (κ2) is 10.5. The van der Waals surface area contributed by atoms with Gasteiger partial charge < -0.3 is 10.1 Å². The molecule has 0 unspecified atom stereocenters. The maximum Gasteiger partial charge on any atom is 0.258 e. The first-order valence-corrected chi connectivity index (χ1v) is 13.1. The molecule has 0 aromatic heterocycles. The second-order valence-electron chi connectivity index (χ2n) is 7.74. The molecule has 1 amide bonds. The Balaban J connectivity index is 1.58. The fourth-order valence-electron chi connectivity index (χ4n) is 3.60. The lowest BCUT2D eigenvalue weighted by atomic mass is 10.1. The van der Waals surface area contributed by atoms with Crippen LogP contribution in [0.5, 0.6) is 5.75 Å². The third-order valence-corrected chi connectivity index (χ3v) is 8.09. The van der Waals surface area contributed by atoms with Crippen LogP contribution in [0.3, 0.4) is 0 Å². The van der Waals surface area contributed by atoms with Gasteiger partial charge in [-0.15, -0.1) is 11.8 Å². The Labute approximate surface area is 189 Å². The number of thioether (sulfide) groups is 1. The molecule has 0 bridgehead atoms. The molecule has 1 aliphatic heterocycles. The van der Waals surface area contributed by atoms with E-state index in [-0.39, 0.29) is 23.5 Å². The predicted molar refractivity (Wildman–Crippen MR) is 124 cm³/mol. The fourth-order valence-corrected chi connectivity index (χ4v) is 5.61. The molecule has 8 heteroatoms. The van der Waals surface area contributed by atoms with E-state index >= 15 is 0 Å². The summed E-state index contributed by atoms with van der Waals surface area (Å²) >= 11 is 1.67. The number of ether oxygens (including phenoxy) is 1. The summed E-state index contributed by atoms with van der Waals surface area (Å²) in [6, 6.07) is 12.7. The van der Waals surface area contributed by atoms with Crippen LogP contribution >= 0.6 is 11.8 Å². The van der Waals surface area contributed by atoms with E-state index in [0.29, 0.717) is 24.4 Å². The van der Waals surface area contributed by atoms with Crippen molar-refractivity contribution in [2.75, 3.05) is 26.0 Å². The molecule has 168 valence electrons. The van der Waals surface area contributed by atoms with Crippen LogP contribution in [0.4, 0.5) is 0 Å². The average molecular weight is 463 g/mol. The second-order valence-corrected chi connectivity index (χ2v) is 10.6. The van der Waals surface area contributed by atoms with Crippen molar-refractivity contribution in [1.29, 1.82) is 0 Å². The van der Waals surface area contributed by atoms with Crippen LogP contribution in [0.25, 0.3) is 0 Å². The normalized spacial score (nSPS) is 16.0. The highest BCUT2D eigenvalue weighted by molar-refractivity contribution is 7.98. The van der Waals surface area contributed by atoms with Crippen molar-refractivity contribution in [1.82, 2.24) is 9.62 Å². The third kappa shape index (κ3) is 6.02. The SMILES string of the molecule is CSc1ccc([C@H](C)NC(=O)COc2ccc(S(=O)(=O)N3CCCCC3)cc2C)cc1. The van der Waals surface area contributed by atoms with E-state index in [1.54, 1.807) is 41.2 Å². The van der Waals surface area contributed by atoms with Crippen LogP contribution in [0.2, 0.25) is 0 Å². The van der Waals surface area contributed by atoms with E-state index < -0.39 is 10.0 Å². The van der Waals surface area contributed by atoms with E-state index in [0.717, 1.165) is 24.8 Å². The Morgan fingerprint density at radius 2 is 1.81 bits per heavy atom. The third-order valence-electron chi connectivity index (χ3n) is 5.45. The number of rotatable bonds is 8. The maximum atomic E-state index is 12.8. The number of hydrogen-bond acceptors (Lipinski definition) is 5. The lowest BCUT2D eigenvalue weighted by molar-refractivity contribution is -0.123. The number of hydrogen-bond donors (Lipinski definition) is 1. The molecule has 1 heterocycles. The van der Waals surface area contributed by atoms with Gasteiger partial charge in [-0.2, -0.15) is 4.31 Å². The summed E-state index contributed by atoms with van der Waals surface area (Å²) in [6.07, 6.45) is 4.89. The minimum atomic E-state index is -3.49. The zero-order valence-electron chi connectivity index (χ0n) is 18.3. The summed E-state index contributed by atoms with van der Waals surface area (Å²) < 4.78 is 32.9. The van der Waals surface area contributed by atoms with Crippen LogP contribution in [0.15, 0.2) is 52.3 Å². The molecule has 1 saturated heterocycles. The number of sulfonamides is 1. The van der Waals surface area contributed by atoms with Gasteiger partial charge in [-0.05, 0) is 74.4 Å². The number of benzene rings is 2. The minimum Gasteiger partial charge on any atom is -0.484 e. The molecule has 0 radical (unpaired) electrons. The van der Waals surface area contributed by atoms with Crippen LogP contribution in [0, 0.1) is 6.92 Å². The standard InChI is InChI=1S/C23H30N2O4S2/c1-17-15-21(31(27,28)25-13-5-4-6-14-25)11-12-22(17)29-16-23(26)24-18(2)19-7-9-20(30-3)10-8-19/h7-12,15,18H,4-6,13-14,16H2,1-3H3,(H,24,26)/t18-/m0/s1. The molecule has 2 aromatic carbocycles. The first-order valence-electron chi connectivity index (χ1n) is 10.5. The number of piperidine rings is 1. The molecule has 1 aliphatic rings. The quantitative estimate of drug-likeness (QED) is 0.597. The van der Waals surface area contributed by atoms with Crippen LogP contribution in [-0.4, -0.2) is 44.6 Å². The zero-order chi connectivity index (χ0) is 22.4. The van der Waals surface area contributed by atoms with Crippen molar-refractivity contribution in [3.05, 3.63) is 53.6 Å². The summed E-state index contributed by atoms with van der Waals surface area (Å²) in [7, 11) is -3.49. The lowest BCUT2D eigenvalue weighted by Gasteiger charge is -2.26. The lowest BCUT2D eigenvalue weighted by Crippen LogP contribution is -2.35. The number of carbonyl (C=O) groups is 1. The van der Waals surface area contributed by atoms with E-state index in [4.69, 9.17) is 4.74 Å². The average Bonchev–Trinajstić information content (AvgIpc) is 2.78. The molecule has 0 saturated carbocycles. The molecule has 1 atom stereocenters. The van der Waals surface area contributed by atoms with Crippen LogP contribution < -0.4 is 10.1 Å². The molecule has 3 rings (SSSR count). The highest BCUT2D eigenvalue weighted by Gasteiger charge is 2.26. The summed E-state index contributed by atoms with van der Waals surface area (Å²) in [6.45, 7) is 4.72. The summed E-state index contributed by atoms with van der Waals surface area (Å²) in [5.41, 5.74) is 1.71. The maximum absolute atomic E-state index is 12.8. The van der Waals surface area contributed by atoms with Gasteiger partial charge in [0.25, 0.3) is 5.91 Å². The molecular weight excluding hydrogens is 432 g/mol. The van der Waals surface area contributed by atoms with Crippen molar-refractivity contribution in [2.24, 2.45) is 0 Å². The molecule has 0 spiro atoms. The molecule has 1 N–H and O–H groups in total. The topological polar surface area (TPSA) is 75.7 Å². The zero-order valence-corrected chi connectivity index (χ0v) is 19.9. The predicted octanol–water partition coefficient (Wildman–Crippen LogP) is 4.15. The smallest absolute Gasteiger partial charge is 0.258 e. The number of nitrogens with zero attached hydrogens (tertiary/aromatic N) is 1. The Kier molecular flexibility index (Phi) is 8.02. The van der Waals surface area contributed by atoms with Gasteiger partial charge in [0.05, 0.1) is 10.9 Å². The molecular formula is C23H30N2O4S2. The number of aryl methyl sites for hydroxylation is 1. The summed E-state index contributed by atoms with van der Waals surface area (Å²) in [5.74, 6) is 0.274. The van der Waals surface area contributed by atoms with E-state index in [9.17, 15) is 13.2 Å². The van der Waals surface area contributed by atoms with E-state index in [1.165, 1.54) is 4.90 Å². The molecule has 6 nitrogen and oxygen atoms in total. The molecule has 0 aliphatic carbocycles. The van der Waals surface area contributed by atoms with Gasteiger partial charge in [0.1, 0.15) is 5.75 Å². The van der Waals surface area contributed by atoms with Crippen LogP contribution in [0.1, 0.15) is 43.4 Å². The van der Waals surface area contributed by atoms with Crippen molar-refractivity contribution in [3.63, 3.8) is 0 Å². The summed E-state index contributed by atoms with van der Waals surface area (Å²) in [5, 5.41) is 2.93. The van der Waals surface area contributed by atoms with E-state index in [1.807, 2.05) is 37.4 Å². The minimum absolute atomic E-state index is 0.133. The van der Waals surface area contributed by atoms with Crippen molar-refractivity contribution in [2.45, 2.75) is 48.9 Å². The summed E-state index contributed by atoms with van der Waals surface area (Å²) in [4.78, 5) is 13.8. The first kappa shape index (κ1) is 23.6. The van der Waals surface area contributed by atoms with Gasteiger partial charge in [0.15, 0.2) is 6.61 Å². The van der Waals surface area contributed by atoms with Crippen molar-refractivity contribution in [3.8, 4) is 5.75 Å². The Hall–Kier alpha value is -2.03. The van der Waals surface area contributed by atoms with Gasteiger partial charge in [0, 0.05) is 18.0 Å². The van der Waals surface area contributed by atoms with Gasteiger partial charge in [-0.1, -0.05) is 18.6 Å². The van der Waals surface area contributed by atoms with Crippen LogP contribution in [-0.2, 0) is 14.8 Å². The van der Waals surface area contributed by atoms with Crippen molar-refractivity contribution >= 4 is 27.7 Å². The Bertz CT molecular complexity index is 1000. The van der Waals surface area contributed by atoms with Crippen molar-refractivity contribution < 1.29 is 17.9 Å².